The molecule has 0 unspecified atom stereocenters. The summed E-state index contributed by atoms with van der Waals surface area (Å²) in [5.74, 6) is 0.946. The Hall–Kier alpha value is -0.480. The van der Waals surface area contributed by atoms with Crippen molar-refractivity contribution in [1.29, 1.82) is 0 Å². The normalized spacial score (nSPS) is 16.3. The minimum absolute atomic E-state index is 0. The number of halogens is 2. The number of ether oxygens (including phenoxy) is 1. The Kier molecular flexibility index (Phi) is 11.7. The summed E-state index contributed by atoms with van der Waals surface area (Å²) in [6.45, 7) is 6.81. The topological polar surface area (TPSA) is 24.5 Å². The van der Waals surface area contributed by atoms with E-state index in [9.17, 15) is 0 Å². The number of hydrogen-bond donors (Lipinski definition) is 1. The van der Waals surface area contributed by atoms with Gasteiger partial charge in [-0.2, -0.15) is 0 Å². The molecular weight excluding hydrogens is 319 g/mol. The maximum Gasteiger partial charge on any atom is 0.118 e. The maximum absolute atomic E-state index is 5.27. The molecule has 1 aromatic rings. The fourth-order valence-electron chi connectivity index (χ4n) is 2.97. The molecule has 3 nitrogen and oxygen atoms in total. The molecule has 22 heavy (non-hydrogen) atoms. The number of piperazine rings is 1. The lowest BCUT2D eigenvalue weighted by molar-refractivity contribution is 0.162. The van der Waals surface area contributed by atoms with Gasteiger partial charge in [-0.1, -0.05) is 38.3 Å². The summed E-state index contributed by atoms with van der Waals surface area (Å²) in [5.41, 5.74) is 1.43. The van der Waals surface area contributed by atoms with Crippen molar-refractivity contribution < 1.29 is 4.74 Å². The summed E-state index contributed by atoms with van der Waals surface area (Å²) in [4.78, 5) is 2.63. The van der Waals surface area contributed by atoms with E-state index in [0.29, 0.717) is 6.04 Å². The van der Waals surface area contributed by atoms with Crippen LogP contribution in [0.1, 0.15) is 44.2 Å². The molecule has 0 aliphatic carbocycles. The molecule has 1 heterocycles. The lowest BCUT2D eigenvalue weighted by atomic mass is 9.98. The lowest BCUT2D eigenvalue weighted by Gasteiger charge is -2.35. The van der Waals surface area contributed by atoms with Crippen LogP contribution in [0, 0.1) is 0 Å². The van der Waals surface area contributed by atoms with Gasteiger partial charge in [0.15, 0.2) is 0 Å². The Balaban J connectivity index is 0.00000220. The summed E-state index contributed by atoms with van der Waals surface area (Å²) in [7, 11) is 1.73. The quantitative estimate of drug-likeness (QED) is 0.751. The number of unbranched alkanes of at least 4 members (excludes halogenated alkanes) is 2. The fourth-order valence-corrected chi connectivity index (χ4v) is 2.97. The van der Waals surface area contributed by atoms with Gasteiger partial charge in [-0.3, -0.25) is 4.90 Å². The molecule has 1 aliphatic rings. The van der Waals surface area contributed by atoms with Gasteiger partial charge in [-0.15, -0.1) is 24.8 Å². The van der Waals surface area contributed by atoms with Crippen molar-refractivity contribution in [1.82, 2.24) is 10.2 Å². The Labute approximate surface area is 147 Å². The van der Waals surface area contributed by atoms with Crippen LogP contribution in [0.25, 0.3) is 0 Å². The largest absolute Gasteiger partial charge is 0.497 e. The molecular formula is C17H30Cl2N2O. The first-order chi connectivity index (χ1) is 9.85. The van der Waals surface area contributed by atoms with Gasteiger partial charge < -0.3 is 10.1 Å². The van der Waals surface area contributed by atoms with Crippen LogP contribution in [0.3, 0.4) is 0 Å². The van der Waals surface area contributed by atoms with Crippen LogP contribution < -0.4 is 10.1 Å². The minimum Gasteiger partial charge on any atom is -0.497 e. The van der Waals surface area contributed by atoms with Gasteiger partial charge in [0.05, 0.1) is 7.11 Å². The van der Waals surface area contributed by atoms with Crippen molar-refractivity contribution in [2.45, 2.75) is 38.6 Å². The van der Waals surface area contributed by atoms with E-state index in [4.69, 9.17) is 4.74 Å². The van der Waals surface area contributed by atoms with Gasteiger partial charge in [-0.05, 0) is 24.1 Å². The van der Waals surface area contributed by atoms with Crippen LogP contribution >= 0.6 is 24.8 Å². The van der Waals surface area contributed by atoms with Crippen molar-refractivity contribution in [3.8, 4) is 5.75 Å². The van der Waals surface area contributed by atoms with Crippen molar-refractivity contribution in [3.63, 3.8) is 0 Å². The predicted octanol–water partition coefficient (Wildman–Crippen LogP) is 4.07. The van der Waals surface area contributed by atoms with E-state index in [2.05, 4.69) is 41.4 Å². The molecule has 0 aromatic heterocycles. The maximum atomic E-state index is 5.27. The molecule has 128 valence electrons. The zero-order chi connectivity index (χ0) is 14.2. The number of benzene rings is 1. The zero-order valence-electron chi connectivity index (χ0n) is 13.7. The smallest absolute Gasteiger partial charge is 0.118 e. The highest BCUT2D eigenvalue weighted by molar-refractivity contribution is 5.85. The standard InChI is InChI=1S/C17H28N2O.2ClH/c1-3-4-5-6-17(19-13-11-18-12-14-19)15-7-9-16(20-2)10-8-15;;/h7-10,17-18H,3-6,11-14H2,1-2H3;2*1H/t17-;;/m1../s1. The van der Waals surface area contributed by atoms with E-state index in [1.165, 1.54) is 31.2 Å². The average molecular weight is 349 g/mol. The second kappa shape index (κ2) is 12.0. The van der Waals surface area contributed by atoms with Gasteiger partial charge in [-0.25, -0.2) is 0 Å². The van der Waals surface area contributed by atoms with Crippen molar-refractivity contribution in [2.75, 3.05) is 33.3 Å². The predicted molar refractivity (Wildman–Crippen MR) is 98.8 cm³/mol. The van der Waals surface area contributed by atoms with E-state index in [1.54, 1.807) is 7.11 Å². The molecule has 1 N–H and O–H groups in total. The molecule has 1 saturated heterocycles. The van der Waals surface area contributed by atoms with Crippen molar-refractivity contribution in [2.24, 2.45) is 0 Å². The number of rotatable bonds is 7. The second-order valence-electron chi connectivity index (χ2n) is 5.57. The van der Waals surface area contributed by atoms with Crippen LogP contribution in [-0.4, -0.2) is 38.2 Å². The zero-order valence-corrected chi connectivity index (χ0v) is 15.3. The van der Waals surface area contributed by atoms with E-state index >= 15 is 0 Å². The van der Waals surface area contributed by atoms with Gasteiger partial charge in [0.25, 0.3) is 0 Å². The summed E-state index contributed by atoms with van der Waals surface area (Å²) in [5, 5.41) is 3.44. The molecule has 1 atom stereocenters. The van der Waals surface area contributed by atoms with E-state index in [1.807, 2.05) is 0 Å². The van der Waals surface area contributed by atoms with Gasteiger partial charge in [0.2, 0.25) is 0 Å². The summed E-state index contributed by atoms with van der Waals surface area (Å²) in [6, 6.07) is 9.21. The highest BCUT2D eigenvalue weighted by atomic mass is 35.5. The Morgan fingerprint density at radius 1 is 1.09 bits per heavy atom. The third-order valence-corrected chi connectivity index (χ3v) is 4.17. The molecule has 5 heteroatoms. The van der Waals surface area contributed by atoms with Crippen LogP contribution in [0.4, 0.5) is 0 Å². The van der Waals surface area contributed by atoms with Crippen molar-refractivity contribution >= 4 is 24.8 Å². The highest BCUT2D eigenvalue weighted by Crippen LogP contribution is 2.28. The summed E-state index contributed by atoms with van der Waals surface area (Å²) in [6.07, 6.45) is 5.20. The minimum atomic E-state index is 0. The lowest BCUT2D eigenvalue weighted by Crippen LogP contribution is -2.45. The van der Waals surface area contributed by atoms with E-state index < -0.39 is 0 Å². The van der Waals surface area contributed by atoms with Crippen LogP contribution in [0.5, 0.6) is 5.75 Å². The molecule has 0 spiro atoms. The summed E-state index contributed by atoms with van der Waals surface area (Å²) >= 11 is 0. The second-order valence-corrected chi connectivity index (χ2v) is 5.57. The van der Waals surface area contributed by atoms with E-state index in [-0.39, 0.29) is 24.8 Å². The Morgan fingerprint density at radius 2 is 1.73 bits per heavy atom. The molecule has 0 saturated carbocycles. The fraction of sp³-hybridized carbons (Fsp3) is 0.647. The number of methoxy groups -OCH3 is 1. The number of hydrogen-bond acceptors (Lipinski definition) is 3. The number of nitrogens with one attached hydrogen (secondary N) is 1. The summed E-state index contributed by atoms with van der Waals surface area (Å²) < 4.78 is 5.27. The first kappa shape index (κ1) is 21.5. The molecule has 0 bridgehead atoms. The first-order valence-electron chi connectivity index (χ1n) is 7.94. The molecule has 1 aromatic carbocycles. The third kappa shape index (κ3) is 6.33. The highest BCUT2D eigenvalue weighted by Gasteiger charge is 2.21. The van der Waals surface area contributed by atoms with Gasteiger partial charge in [0.1, 0.15) is 5.75 Å². The Bertz CT molecular complexity index is 381. The van der Waals surface area contributed by atoms with Crippen LogP contribution in [-0.2, 0) is 0 Å². The van der Waals surface area contributed by atoms with E-state index in [0.717, 1.165) is 31.9 Å². The van der Waals surface area contributed by atoms with Crippen LogP contribution in [0.15, 0.2) is 24.3 Å². The van der Waals surface area contributed by atoms with Crippen molar-refractivity contribution in [3.05, 3.63) is 29.8 Å². The van der Waals surface area contributed by atoms with Crippen LogP contribution in [0.2, 0.25) is 0 Å². The molecule has 2 rings (SSSR count). The molecule has 1 aliphatic heterocycles. The monoisotopic (exact) mass is 348 g/mol. The Morgan fingerprint density at radius 3 is 2.27 bits per heavy atom. The van der Waals surface area contributed by atoms with Gasteiger partial charge in [0, 0.05) is 32.2 Å². The molecule has 0 radical (unpaired) electrons. The number of nitrogens with zero attached hydrogens (tertiary/aromatic N) is 1. The molecule has 1 fully saturated rings. The average Bonchev–Trinajstić information content (AvgIpc) is 2.53. The SMILES string of the molecule is CCCCC[C@H](c1ccc(OC)cc1)N1CCNCC1.Cl.Cl. The third-order valence-electron chi connectivity index (χ3n) is 4.17. The first-order valence-corrected chi connectivity index (χ1v) is 7.94. The van der Waals surface area contributed by atoms with Gasteiger partial charge >= 0.3 is 0 Å². The molecule has 0 amide bonds.